The van der Waals surface area contributed by atoms with Crippen LogP contribution in [0.3, 0.4) is 0 Å². The molecule has 0 aromatic heterocycles. The van der Waals surface area contributed by atoms with Crippen LogP contribution in [0.1, 0.15) is 24.5 Å². The predicted octanol–water partition coefficient (Wildman–Crippen LogP) is 1.83. The van der Waals surface area contributed by atoms with Crippen LogP contribution in [-0.2, 0) is 4.84 Å². The van der Waals surface area contributed by atoms with E-state index < -0.39 is 5.79 Å². The molecule has 2 rings (SSSR count). The Morgan fingerprint density at radius 3 is 2.50 bits per heavy atom. The van der Waals surface area contributed by atoms with Crippen LogP contribution in [0.25, 0.3) is 0 Å². The highest BCUT2D eigenvalue weighted by atomic mass is 16.7. The number of aliphatic hydroxyl groups is 1. The number of aryl methyl sites for hydroxylation is 1. The first kappa shape index (κ1) is 9.21. The van der Waals surface area contributed by atoms with Crippen molar-refractivity contribution in [2.24, 2.45) is 5.16 Å². The molecule has 1 unspecified atom stereocenters. The van der Waals surface area contributed by atoms with Crippen molar-refractivity contribution < 1.29 is 9.94 Å². The molecule has 0 bridgehead atoms. The summed E-state index contributed by atoms with van der Waals surface area (Å²) in [6, 6.07) is 8.01. The van der Waals surface area contributed by atoms with E-state index >= 15 is 0 Å². The Hall–Kier alpha value is -1.35. The molecule has 0 saturated carbocycles. The second-order valence-electron chi connectivity index (χ2n) is 3.85. The third-order valence-electron chi connectivity index (χ3n) is 2.23. The van der Waals surface area contributed by atoms with Crippen LogP contribution >= 0.6 is 0 Å². The maximum Gasteiger partial charge on any atom is 0.237 e. The van der Waals surface area contributed by atoms with Gasteiger partial charge in [0.05, 0.1) is 12.1 Å². The smallest absolute Gasteiger partial charge is 0.237 e. The van der Waals surface area contributed by atoms with Gasteiger partial charge in [-0.1, -0.05) is 35.0 Å². The summed E-state index contributed by atoms with van der Waals surface area (Å²) < 4.78 is 0. The fourth-order valence-electron chi connectivity index (χ4n) is 1.43. The second-order valence-corrected chi connectivity index (χ2v) is 3.85. The molecule has 0 amide bonds. The standard InChI is InChI=1S/C11H13NO2/c1-8-3-5-9(6-4-8)10-7-11(2,13)14-12-10/h3-6,13H,7H2,1-2H3. The molecule has 3 heteroatoms. The molecule has 1 aromatic rings. The summed E-state index contributed by atoms with van der Waals surface area (Å²) in [4.78, 5) is 4.88. The molecular weight excluding hydrogens is 178 g/mol. The number of benzene rings is 1. The van der Waals surface area contributed by atoms with Crippen molar-refractivity contribution in [3.05, 3.63) is 35.4 Å². The Balaban J connectivity index is 2.22. The Morgan fingerprint density at radius 2 is 2.00 bits per heavy atom. The van der Waals surface area contributed by atoms with Gasteiger partial charge < -0.3 is 9.94 Å². The van der Waals surface area contributed by atoms with Gasteiger partial charge in [-0.25, -0.2) is 0 Å². The molecule has 1 N–H and O–H groups in total. The highest BCUT2D eigenvalue weighted by Crippen LogP contribution is 2.23. The number of hydrogen-bond acceptors (Lipinski definition) is 3. The van der Waals surface area contributed by atoms with Gasteiger partial charge in [-0.3, -0.25) is 0 Å². The van der Waals surface area contributed by atoms with E-state index in [2.05, 4.69) is 5.16 Å². The number of nitrogens with zero attached hydrogens (tertiary/aromatic N) is 1. The van der Waals surface area contributed by atoms with Crippen LogP contribution in [0.4, 0.5) is 0 Å². The average Bonchev–Trinajstić information content (AvgIpc) is 2.47. The lowest BCUT2D eigenvalue weighted by atomic mass is 10.0. The van der Waals surface area contributed by atoms with E-state index in [9.17, 15) is 5.11 Å². The molecule has 1 aromatic carbocycles. The fourth-order valence-corrected chi connectivity index (χ4v) is 1.43. The van der Waals surface area contributed by atoms with Crippen LogP contribution in [0.2, 0.25) is 0 Å². The van der Waals surface area contributed by atoms with Crippen molar-refractivity contribution >= 4 is 5.71 Å². The molecule has 74 valence electrons. The van der Waals surface area contributed by atoms with Crippen LogP contribution in [0.5, 0.6) is 0 Å². The zero-order valence-corrected chi connectivity index (χ0v) is 8.32. The summed E-state index contributed by atoms with van der Waals surface area (Å²) in [6.45, 7) is 3.64. The highest BCUT2D eigenvalue weighted by molar-refractivity contribution is 6.01. The minimum atomic E-state index is -1.14. The van der Waals surface area contributed by atoms with Crippen molar-refractivity contribution in [2.75, 3.05) is 0 Å². The molecule has 0 radical (unpaired) electrons. The first-order valence-corrected chi connectivity index (χ1v) is 4.61. The first-order chi connectivity index (χ1) is 6.57. The van der Waals surface area contributed by atoms with Crippen LogP contribution in [0, 0.1) is 6.92 Å². The molecule has 0 fully saturated rings. The number of hydrogen-bond donors (Lipinski definition) is 1. The maximum atomic E-state index is 9.54. The van der Waals surface area contributed by atoms with E-state index in [4.69, 9.17) is 4.84 Å². The average molecular weight is 191 g/mol. The normalized spacial score (nSPS) is 25.8. The van der Waals surface area contributed by atoms with E-state index in [-0.39, 0.29) is 0 Å². The van der Waals surface area contributed by atoms with Gasteiger partial charge in [-0.2, -0.15) is 0 Å². The molecule has 0 aliphatic carbocycles. The van der Waals surface area contributed by atoms with Crippen molar-refractivity contribution in [3.8, 4) is 0 Å². The van der Waals surface area contributed by atoms with Crippen molar-refractivity contribution in [2.45, 2.75) is 26.1 Å². The molecule has 1 aliphatic heterocycles. The Bertz CT molecular complexity index is 365. The lowest BCUT2D eigenvalue weighted by Gasteiger charge is -2.11. The third kappa shape index (κ3) is 1.77. The maximum absolute atomic E-state index is 9.54. The first-order valence-electron chi connectivity index (χ1n) is 4.61. The molecule has 14 heavy (non-hydrogen) atoms. The van der Waals surface area contributed by atoms with Gasteiger partial charge >= 0.3 is 0 Å². The zero-order chi connectivity index (χ0) is 10.2. The summed E-state index contributed by atoms with van der Waals surface area (Å²) in [7, 11) is 0. The monoisotopic (exact) mass is 191 g/mol. The van der Waals surface area contributed by atoms with E-state index in [1.54, 1.807) is 6.92 Å². The molecule has 1 heterocycles. The van der Waals surface area contributed by atoms with Gasteiger partial charge in [0.2, 0.25) is 5.79 Å². The molecular formula is C11H13NO2. The SMILES string of the molecule is Cc1ccc(C2=NOC(C)(O)C2)cc1. The predicted molar refractivity (Wildman–Crippen MR) is 54.0 cm³/mol. The van der Waals surface area contributed by atoms with E-state index in [1.165, 1.54) is 5.56 Å². The van der Waals surface area contributed by atoms with Gasteiger partial charge in [0.25, 0.3) is 0 Å². The van der Waals surface area contributed by atoms with E-state index in [1.807, 2.05) is 31.2 Å². The largest absolute Gasteiger partial charge is 0.360 e. The minimum absolute atomic E-state index is 0.441. The van der Waals surface area contributed by atoms with Crippen molar-refractivity contribution in [3.63, 3.8) is 0 Å². The summed E-state index contributed by atoms with van der Waals surface area (Å²) in [6.07, 6.45) is 0.441. The summed E-state index contributed by atoms with van der Waals surface area (Å²) in [5.74, 6) is -1.14. The lowest BCUT2D eigenvalue weighted by molar-refractivity contribution is -0.170. The lowest BCUT2D eigenvalue weighted by Crippen LogP contribution is -2.23. The molecule has 1 aliphatic rings. The molecule has 1 atom stereocenters. The molecule has 3 nitrogen and oxygen atoms in total. The summed E-state index contributed by atoms with van der Waals surface area (Å²) in [5, 5.41) is 13.4. The Kier molecular flexibility index (Phi) is 2.04. The highest BCUT2D eigenvalue weighted by Gasteiger charge is 2.31. The van der Waals surface area contributed by atoms with Gasteiger partial charge in [-0.05, 0) is 12.5 Å². The van der Waals surface area contributed by atoms with Crippen LogP contribution in [0.15, 0.2) is 29.4 Å². The fraction of sp³-hybridized carbons (Fsp3) is 0.364. The van der Waals surface area contributed by atoms with Gasteiger partial charge in [0, 0.05) is 6.92 Å². The molecule has 0 spiro atoms. The zero-order valence-electron chi connectivity index (χ0n) is 8.32. The van der Waals surface area contributed by atoms with Crippen LogP contribution in [-0.4, -0.2) is 16.6 Å². The summed E-state index contributed by atoms with van der Waals surface area (Å²) in [5.41, 5.74) is 3.02. The number of oxime groups is 1. The van der Waals surface area contributed by atoms with Gasteiger partial charge in [0.1, 0.15) is 0 Å². The minimum Gasteiger partial charge on any atom is -0.360 e. The molecule has 0 saturated heterocycles. The topological polar surface area (TPSA) is 41.8 Å². The quantitative estimate of drug-likeness (QED) is 0.735. The van der Waals surface area contributed by atoms with Crippen molar-refractivity contribution in [1.29, 1.82) is 0 Å². The number of rotatable bonds is 1. The Labute approximate surface area is 83.0 Å². The third-order valence-corrected chi connectivity index (χ3v) is 2.23. The van der Waals surface area contributed by atoms with Gasteiger partial charge in [-0.15, -0.1) is 0 Å². The Morgan fingerprint density at radius 1 is 1.36 bits per heavy atom. The van der Waals surface area contributed by atoms with E-state index in [0.717, 1.165) is 11.3 Å². The van der Waals surface area contributed by atoms with E-state index in [0.29, 0.717) is 6.42 Å². The van der Waals surface area contributed by atoms with Crippen molar-refractivity contribution in [1.82, 2.24) is 0 Å². The second kappa shape index (κ2) is 3.10. The van der Waals surface area contributed by atoms with Crippen LogP contribution < -0.4 is 0 Å². The van der Waals surface area contributed by atoms with Gasteiger partial charge in [0.15, 0.2) is 0 Å². The summed E-state index contributed by atoms with van der Waals surface area (Å²) >= 11 is 0.